The Morgan fingerprint density at radius 1 is 0.882 bits per heavy atom. The summed E-state index contributed by atoms with van der Waals surface area (Å²) >= 11 is 1.89. The van der Waals surface area contributed by atoms with Gasteiger partial charge in [0.2, 0.25) is 0 Å². The first-order valence-electron chi connectivity index (χ1n) is 6.74. The monoisotopic (exact) mass is 252 g/mol. The minimum absolute atomic E-state index is 0.352. The summed E-state index contributed by atoms with van der Waals surface area (Å²) < 4.78 is 0. The van der Waals surface area contributed by atoms with Crippen LogP contribution in [-0.2, 0) is 0 Å². The summed E-state index contributed by atoms with van der Waals surface area (Å²) in [6.07, 6.45) is 9.57. The topological polar surface area (TPSA) is 20.2 Å². The molecule has 1 N–H and O–H groups in total. The van der Waals surface area contributed by atoms with E-state index >= 15 is 0 Å². The molecule has 0 aromatic heterocycles. The van der Waals surface area contributed by atoms with Crippen LogP contribution < -0.4 is 0 Å². The quantitative estimate of drug-likeness (QED) is 0.479. The van der Waals surface area contributed by atoms with Crippen LogP contribution in [0.1, 0.15) is 51.9 Å². The Kier molecular flexibility index (Phi) is 7.98. The highest BCUT2D eigenvalue weighted by Gasteiger charge is 1.95. The molecule has 2 heteroatoms. The van der Waals surface area contributed by atoms with E-state index in [0.717, 1.165) is 0 Å². The lowest BCUT2D eigenvalue weighted by Gasteiger charge is -2.02. The molecule has 0 fully saturated rings. The van der Waals surface area contributed by atoms with Gasteiger partial charge in [0.05, 0.1) is 0 Å². The molecule has 0 aliphatic heterocycles. The first-order valence-corrected chi connectivity index (χ1v) is 7.73. The summed E-state index contributed by atoms with van der Waals surface area (Å²) in [6.45, 7) is 2.26. The first-order chi connectivity index (χ1) is 8.33. The van der Waals surface area contributed by atoms with Crippen molar-refractivity contribution in [3.8, 4) is 5.75 Å². The zero-order chi connectivity index (χ0) is 12.3. The number of aromatic hydroxyl groups is 1. The van der Waals surface area contributed by atoms with Crippen molar-refractivity contribution in [2.75, 3.05) is 5.75 Å². The summed E-state index contributed by atoms with van der Waals surface area (Å²) in [4.78, 5) is 1.26. The molecule has 1 rings (SSSR count). The number of hydrogen-bond acceptors (Lipinski definition) is 2. The largest absolute Gasteiger partial charge is 0.508 e. The van der Waals surface area contributed by atoms with Crippen LogP contribution in [0.4, 0.5) is 0 Å². The summed E-state index contributed by atoms with van der Waals surface area (Å²) in [7, 11) is 0. The van der Waals surface area contributed by atoms with Gasteiger partial charge in [-0.2, -0.15) is 0 Å². The number of hydrogen-bond donors (Lipinski definition) is 1. The van der Waals surface area contributed by atoms with Gasteiger partial charge in [0.25, 0.3) is 0 Å². The third-order valence-corrected chi connectivity index (χ3v) is 3.95. The SMILES string of the molecule is CCCCCCCCCSc1ccc(O)cc1. The molecule has 0 atom stereocenters. The van der Waals surface area contributed by atoms with Crippen LogP contribution in [0.5, 0.6) is 5.75 Å². The maximum absolute atomic E-state index is 9.16. The van der Waals surface area contributed by atoms with E-state index in [1.165, 1.54) is 55.6 Å². The maximum Gasteiger partial charge on any atom is 0.115 e. The normalized spacial score (nSPS) is 10.6. The molecule has 0 radical (unpaired) electrons. The number of benzene rings is 1. The van der Waals surface area contributed by atoms with E-state index in [1.54, 1.807) is 12.1 Å². The van der Waals surface area contributed by atoms with Crippen molar-refractivity contribution < 1.29 is 5.11 Å². The van der Waals surface area contributed by atoms with Crippen molar-refractivity contribution in [2.24, 2.45) is 0 Å². The Balaban J connectivity index is 1.95. The Hall–Kier alpha value is -0.630. The van der Waals surface area contributed by atoms with E-state index in [2.05, 4.69) is 6.92 Å². The molecule has 0 aliphatic carbocycles. The molecule has 0 aliphatic rings. The predicted octanol–water partition coefficient (Wildman–Crippen LogP) is 5.23. The fourth-order valence-electron chi connectivity index (χ4n) is 1.79. The van der Waals surface area contributed by atoms with Gasteiger partial charge in [-0.05, 0) is 36.4 Å². The van der Waals surface area contributed by atoms with Crippen molar-refractivity contribution in [1.29, 1.82) is 0 Å². The highest BCUT2D eigenvalue weighted by molar-refractivity contribution is 7.99. The van der Waals surface area contributed by atoms with E-state index in [-0.39, 0.29) is 0 Å². The lowest BCUT2D eigenvalue weighted by molar-refractivity contribution is 0.475. The second kappa shape index (κ2) is 9.41. The van der Waals surface area contributed by atoms with Crippen molar-refractivity contribution >= 4 is 11.8 Å². The minimum Gasteiger partial charge on any atom is -0.508 e. The average Bonchev–Trinajstić information content (AvgIpc) is 2.35. The van der Waals surface area contributed by atoms with E-state index in [1.807, 2.05) is 23.9 Å². The molecule has 96 valence electrons. The predicted molar refractivity (Wildman–Crippen MR) is 76.8 cm³/mol. The van der Waals surface area contributed by atoms with Gasteiger partial charge in [0, 0.05) is 4.90 Å². The fourth-order valence-corrected chi connectivity index (χ4v) is 2.70. The molecule has 17 heavy (non-hydrogen) atoms. The second-order valence-corrected chi connectivity index (χ2v) is 5.63. The molecular weight excluding hydrogens is 228 g/mol. The molecule has 0 saturated heterocycles. The lowest BCUT2D eigenvalue weighted by Crippen LogP contribution is -1.83. The summed E-state index contributed by atoms with van der Waals surface area (Å²) in [5.74, 6) is 1.55. The third kappa shape index (κ3) is 7.32. The van der Waals surface area contributed by atoms with Crippen LogP contribution in [0.3, 0.4) is 0 Å². The van der Waals surface area contributed by atoms with Gasteiger partial charge in [-0.15, -0.1) is 11.8 Å². The van der Waals surface area contributed by atoms with Crippen LogP contribution in [0, 0.1) is 0 Å². The summed E-state index contributed by atoms with van der Waals surface area (Å²) in [5, 5.41) is 9.16. The molecule has 1 aromatic rings. The van der Waals surface area contributed by atoms with Crippen molar-refractivity contribution in [1.82, 2.24) is 0 Å². The molecule has 0 amide bonds. The van der Waals surface area contributed by atoms with Gasteiger partial charge in [-0.1, -0.05) is 45.4 Å². The van der Waals surface area contributed by atoms with Gasteiger partial charge >= 0.3 is 0 Å². The van der Waals surface area contributed by atoms with Crippen LogP contribution in [0.15, 0.2) is 29.2 Å². The van der Waals surface area contributed by atoms with Crippen LogP contribution in [0.25, 0.3) is 0 Å². The van der Waals surface area contributed by atoms with Gasteiger partial charge in [-0.25, -0.2) is 0 Å². The van der Waals surface area contributed by atoms with E-state index in [0.29, 0.717) is 5.75 Å². The Morgan fingerprint density at radius 2 is 1.47 bits per heavy atom. The summed E-state index contributed by atoms with van der Waals surface area (Å²) in [5.41, 5.74) is 0. The van der Waals surface area contributed by atoms with Crippen molar-refractivity contribution in [3.05, 3.63) is 24.3 Å². The van der Waals surface area contributed by atoms with Crippen molar-refractivity contribution in [2.45, 2.75) is 56.8 Å². The molecular formula is C15H24OS. The Labute approximate surface area is 110 Å². The molecule has 0 saturated carbocycles. The Bertz CT molecular complexity index is 281. The maximum atomic E-state index is 9.16. The van der Waals surface area contributed by atoms with E-state index < -0.39 is 0 Å². The minimum atomic E-state index is 0.352. The number of phenols is 1. The molecule has 1 nitrogen and oxygen atoms in total. The molecule has 0 heterocycles. The average molecular weight is 252 g/mol. The van der Waals surface area contributed by atoms with Gasteiger partial charge in [0.1, 0.15) is 5.75 Å². The number of rotatable bonds is 9. The second-order valence-electron chi connectivity index (χ2n) is 4.46. The van der Waals surface area contributed by atoms with Gasteiger partial charge in [-0.3, -0.25) is 0 Å². The molecule has 0 bridgehead atoms. The van der Waals surface area contributed by atoms with E-state index in [9.17, 15) is 0 Å². The number of unbranched alkanes of at least 4 members (excludes halogenated alkanes) is 6. The standard InChI is InChI=1S/C15H24OS/c1-2-3-4-5-6-7-8-13-17-15-11-9-14(16)10-12-15/h9-12,16H,2-8,13H2,1H3. The highest BCUT2D eigenvalue weighted by atomic mass is 32.2. The third-order valence-electron chi connectivity index (χ3n) is 2.85. The van der Waals surface area contributed by atoms with Crippen LogP contribution in [-0.4, -0.2) is 10.9 Å². The van der Waals surface area contributed by atoms with Gasteiger partial charge < -0.3 is 5.11 Å². The smallest absolute Gasteiger partial charge is 0.115 e. The fraction of sp³-hybridized carbons (Fsp3) is 0.600. The summed E-state index contributed by atoms with van der Waals surface area (Å²) in [6, 6.07) is 7.49. The number of phenolic OH excluding ortho intramolecular Hbond substituents is 1. The Morgan fingerprint density at radius 3 is 2.12 bits per heavy atom. The lowest BCUT2D eigenvalue weighted by atomic mass is 10.1. The molecule has 0 spiro atoms. The zero-order valence-corrected chi connectivity index (χ0v) is 11.6. The molecule has 1 aromatic carbocycles. The first kappa shape index (κ1) is 14.4. The van der Waals surface area contributed by atoms with Crippen LogP contribution >= 0.6 is 11.8 Å². The van der Waals surface area contributed by atoms with Crippen molar-refractivity contribution in [3.63, 3.8) is 0 Å². The number of thioether (sulfide) groups is 1. The zero-order valence-electron chi connectivity index (χ0n) is 10.8. The highest BCUT2D eigenvalue weighted by Crippen LogP contribution is 2.22. The van der Waals surface area contributed by atoms with Crippen LogP contribution in [0.2, 0.25) is 0 Å². The molecule has 0 unspecified atom stereocenters. The van der Waals surface area contributed by atoms with E-state index in [4.69, 9.17) is 5.11 Å². The van der Waals surface area contributed by atoms with Gasteiger partial charge in [0.15, 0.2) is 0 Å².